The van der Waals surface area contributed by atoms with E-state index in [1.807, 2.05) is 19.1 Å². The third-order valence-corrected chi connectivity index (χ3v) is 2.93. The third-order valence-electron chi connectivity index (χ3n) is 2.52. The number of nitrogens with zero attached hydrogens (tertiary/aromatic N) is 1. The zero-order valence-electron chi connectivity index (χ0n) is 10.1. The molecule has 2 nitrogen and oxygen atoms in total. The van der Waals surface area contributed by atoms with Gasteiger partial charge in [-0.1, -0.05) is 23.7 Å². The minimum atomic E-state index is -0.901. The second-order valence-electron chi connectivity index (χ2n) is 4.01. The molecule has 0 saturated carbocycles. The van der Waals surface area contributed by atoms with Gasteiger partial charge in [-0.2, -0.15) is 5.10 Å². The molecule has 0 bridgehead atoms. The van der Waals surface area contributed by atoms with Gasteiger partial charge < -0.3 is 0 Å². The Morgan fingerprint density at radius 1 is 1.11 bits per heavy atom. The van der Waals surface area contributed by atoms with Crippen molar-refractivity contribution in [3.05, 3.63) is 64.2 Å². The van der Waals surface area contributed by atoms with E-state index in [4.69, 9.17) is 11.6 Å². The van der Waals surface area contributed by atoms with Crippen molar-refractivity contribution in [3.8, 4) is 0 Å². The van der Waals surface area contributed by atoms with E-state index in [0.29, 0.717) is 10.6 Å². The molecule has 0 spiro atoms. The third kappa shape index (κ3) is 3.51. The Morgan fingerprint density at radius 2 is 1.89 bits per heavy atom. The van der Waals surface area contributed by atoms with Crippen molar-refractivity contribution in [2.45, 2.75) is 6.92 Å². The van der Waals surface area contributed by atoms with Crippen molar-refractivity contribution in [3.63, 3.8) is 0 Å². The topological polar surface area (TPSA) is 24.4 Å². The molecule has 0 aliphatic rings. The molecule has 0 atom stereocenters. The normalized spacial score (nSPS) is 10.9. The van der Waals surface area contributed by atoms with E-state index in [1.54, 1.807) is 6.07 Å². The molecule has 2 aromatic carbocycles. The molecular formula is C14H11ClF2N2. The van der Waals surface area contributed by atoms with Crippen LogP contribution >= 0.6 is 11.6 Å². The smallest absolute Gasteiger partial charge is 0.159 e. The molecule has 0 heterocycles. The highest BCUT2D eigenvalue weighted by Crippen LogP contribution is 2.19. The van der Waals surface area contributed by atoms with Crippen LogP contribution in [-0.2, 0) is 0 Å². The van der Waals surface area contributed by atoms with Crippen molar-refractivity contribution >= 4 is 23.5 Å². The number of halogens is 3. The quantitative estimate of drug-likeness (QED) is 0.655. The molecule has 5 heteroatoms. The second-order valence-corrected chi connectivity index (χ2v) is 4.41. The van der Waals surface area contributed by atoms with Crippen LogP contribution in [0.1, 0.15) is 11.1 Å². The fourth-order valence-electron chi connectivity index (χ4n) is 1.44. The van der Waals surface area contributed by atoms with Gasteiger partial charge in [-0.05, 0) is 42.3 Å². The van der Waals surface area contributed by atoms with E-state index in [-0.39, 0.29) is 0 Å². The molecule has 0 fully saturated rings. The van der Waals surface area contributed by atoms with Gasteiger partial charge in [-0.15, -0.1) is 0 Å². The number of anilines is 1. The number of hydrazone groups is 1. The Kier molecular flexibility index (Phi) is 4.12. The summed E-state index contributed by atoms with van der Waals surface area (Å²) in [5, 5.41) is 4.56. The molecule has 2 rings (SSSR count). The number of hydrogen-bond acceptors (Lipinski definition) is 2. The van der Waals surface area contributed by atoms with E-state index in [1.165, 1.54) is 12.3 Å². The standard InChI is InChI=1S/C14H11ClF2N2/c1-9-2-4-11(7-12(9)15)19-18-8-10-3-5-13(16)14(17)6-10/h2-8,19H,1H3/b18-8+. The van der Waals surface area contributed by atoms with Crippen LogP contribution in [0.3, 0.4) is 0 Å². The van der Waals surface area contributed by atoms with Crippen LogP contribution < -0.4 is 5.43 Å². The second kappa shape index (κ2) is 5.80. The Hall–Kier alpha value is -1.94. The molecule has 0 aliphatic heterocycles. The van der Waals surface area contributed by atoms with Crippen molar-refractivity contribution in [1.82, 2.24) is 0 Å². The van der Waals surface area contributed by atoms with Crippen LogP contribution in [-0.4, -0.2) is 6.21 Å². The average molecular weight is 281 g/mol. The van der Waals surface area contributed by atoms with E-state index in [0.717, 1.165) is 23.4 Å². The number of hydrogen-bond donors (Lipinski definition) is 1. The van der Waals surface area contributed by atoms with Crippen LogP contribution in [0.4, 0.5) is 14.5 Å². The summed E-state index contributed by atoms with van der Waals surface area (Å²) in [4.78, 5) is 0. The van der Waals surface area contributed by atoms with Crippen molar-refractivity contribution in [2.24, 2.45) is 5.10 Å². The Balaban J connectivity index is 2.06. The van der Waals surface area contributed by atoms with Crippen LogP contribution in [0, 0.1) is 18.6 Å². The van der Waals surface area contributed by atoms with Gasteiger partial charge in [0.15, 0.2) is 11.6 Å². The summed E-state index contributed by atoms with van der Waals surface area (Å²) in [6.07, 6.45) is 1.40. The summed E-state index contributed by atoms with van der Waals surface area (Å²) >= 11 is 5.96. The molecule has 0 aliphatic carbocycles. The first-order valence-corrected chi connectivity index (χ1v) is 5.94. The van der Waals surface area contributed by atoms with Crippen LogP contribution in [0.15, 0.2) is 41.5 Å². The van der Waals surface area contributed by atoms with E-state index >= 15 is 0 Å². The maximum Gasteiger partial charge on any atom is 0.159 e. The monoisotopic (exact) mass is 280 g/mol. The zero-order valence-corrected chi connectivity index (χ0v) is 10.9. The molecule has 98 valence electrons. The minimum Gasteiger partial charge on any atom is -0.278 e. The molecule has 1 N–H and O–H groups in total. The molecule has 0 unspecified atom stereocenters. The maximum atomic E-state index is 13.0. The summed E-state index contributed by atoms with van der Waals surface area (Å²) in [5.74, 6) is -1.78. The van der Waals surface area contributed by atoms with Gasteiger partial charge in [0.05, 0.1) is 11.9 Å². The van der Waals surface area contributed by atoms with Crippen molar-refractivity contribution in [1.29, 1.82) is 0 Å². The SMILES string of the molecule is Cc1ccc(N/N=C/c2ccc(F)c(F)c2)cc1Cl. The van der Waals surface area contributed by atoms with Gasteiger partial charge in [-0.25, -0.2) is 8.78 Å². The first-order chi connectivity index (χ1) is 9.06. The van der Waals surface area contributed by atoms with Crippen molar-refractivity contribution in [2.75, 3.05) is 5.43 Å². The minimum absolute atomic E-state index is 0.463. The van der Waals surface area contributed by atoms with Gasteiger partial charge in [0.25, 0.3) is 0 Å². The fourth-order valence-corrected chi connectivity index (χ4v) is 1.62. The van der Waals surface area contributed by atoms with Gasteiger partial charge in [0, 0.05) is 5.02 Å². The van der Waals surface area contributed by atoms with Crippen molar-refractivity contribution < 1.29 is 8.78 Å². The number of rotatable bonds is 3. The fraction of sp³-hybridized carbons (Fsp3) is 0.0714. The largest absolute Gasteiger partial charge is 0.278 e. The zero-order chi connectivity index (χ0) is 13.8. The summed E-state index contributed by atoms with van der Waals surface area (Å²) in [6.45, 7) is 1.90. The summed E-state index contributed by atoms with van der Waals surface area (Å²) in [5.41, 5.74) is 4.91. The number of benzene rings is 2. The summed E-state index contributed by atoms with van der Waals surface area (Å²) in [7, 11) is 0. The molecule has 2 aromatic rings. The highest BCUT2D eigenvalue weighted by Gasteiger charge is 2.00. The predicted octanol–water partition coefficient (Wildman–Crippen LogP) is 4.37. The van der Waals surface area contributed by atoms with Crippen LogP contribution in [0.5, 0.6) is 0 Å². The Labute approximate surface area is 114 Å². The first kappa shape index (κ1) is 13.5. The van der Waals surface area contributed by atoms with Gasteiger partial charge in [-0.3, -0.25) is 5.43 Å². The van der Waals surface area contributed by atoms with E-state index in [2.05, 4.69) is 10.5 Å². The number of aryl methyl sites for hydroxylation is 1. The predicted molar refractivity (Wildman–Crippen MR) is 73.8 cm³/mol. The van der Waals surface area contributed by atoms with Crippen LogP contribution in [0.2, 0.25) is 5.02 Å². The summed E-state index contributed by atoms with van der Waals surface area (Å²) in [6, 6.07) is 8.98. The Bertz CT molecular complexity index is 627. The number of nitrogens with one attached hydrogen (secondary N) is 1. The lowest BCUT2D eigenvalue weighted by molar-refractivity contribution is 0.508. The molecular weight excluding hydrogens is 270 g/mol. The highest BCUT2D eigenvalue weighted by atomic mass is 35.5. The maximum absolute atomic E-state index is 13.0. The van der Waals surface area contributed by atoms with Gasteiger partial charge >= 0.3 is 0 Å². The average Bonchev–Trinajstić information content (AvgIpc) is 2.38. The molecule has 0 aromatic heterocycles. The lowest BCUT2D eigenvalue weighted by Crippen LogP contribution is -1.92. The lowest BCUT2D eigenvalue weighted by Gasteiger charge is -2.02. The molecule has 0 radical (unpaired) electrons. The molecule has 0 saturated heterocycles. The van der Waals surface area contributed by atoms with E-state index < -0.39 is 11.6 Å². The Morgan fingerprint density at radius 3 is 2.58 bits per heavy atom. The first-order valence-electron chi connectivity index (χ1n) is 5.56. The highest BCUT2D eigenvalue weighted by molar-refractivity contribution is 6.31. The molecule has 19 heavy (non-hydrogen) atoms. The van der Waals surface area contributed by atoms with Gasteiger partial charge in [0.1, 0.15) is 0 Å². The lowest BCUT2D eigenvalue weighted by atomic mass is 10.2. The molecule has 0 amide bonds. The van der Waals surface area contributed by atoms with Crippen LogP contribution in [0.25, 0.3) is 0 Å². The van der Waals surface area contributed by atoms with E-state index in [9.17, 15) is 8.78 Å². The summed E-state index contributed by atoms with van der Waals surface area (Å²) < 4.78 is 25.7. The van der Waals surface area contributed by atoms with Gasteiger partial charge in [0.2, 0.25) is 0 Å².